The van der Waals surface area contributed by atoms with Crippen molar-refractivity contribution >= 4 is 0 Å². The van der Waals surface area contributed by atoms with Crippen LogP contribution in [-0.4, -0.2) is 78.6 Å². The second-order valence-electron chi connectivity index (χ2n) is 4.49. The molecule has 19 heavy (non-hydrogen) atoms. The summed E-state index contributed by atoms with van der Waals surface area (Å²) in [6, 6.07) is 0. The molecule has 0 spiro atoms. The SMILES string of the molecule is COC([C@H]1OCOC[C@@H]1OC)[C@H]1OCOC[C@H]1OC. The highest BCUT2D eigenvalue weighted by Crippen LogP contribution is 2.24. The molecule has 0 aromatic heterocycles. The Bertz CT molecular complexity index is 238. The fourth-order valence-electron chi connectivity index (χ4n) is 2.46. The molecule has 0 N–H and O–H groups in total. The predicted octanol–water partition coefficient (Wildman–Crippen LogP) is -0.223. The Labute approximate surface area is 113 Å². The minimum atomic E-state index is -0.303. The van der Waals surface area contributed by atoms with Gasteiger partial charge in [-0.2, -0.15) is 0 Å². The Morgan fingerprint density at radius 3 is 1.68 bits per heavy atom. The van der Waals surface area contributed by atoms with Crippen LogP contribution < -0.4 is 0 Å². The quantitative estimate of drug-likeness (QED) is 0.688. The van der Waals surface area contributed by atoms with E-state index in [9.17, 15) is 0 Å². The molecule has 0 aromatic rings. The van der Waals surface area contributed by atoms with Crippen molar-refractivity contribution < 1.29 is 33.2 Å². The maximum absolute atomic E-state index is 5.63. The van der Waals surface area contributed by atoms with Gasteiger partial charge in [-0.15, -0.1) is 0 Å². The Kier molecular flexibility index (Phi) is 5.96. The molecule has 0 aliphatic carbocycles. The molecule has 7 heteroatoms. The van der Waals surface area contributed by atoms with E-state index in [1.807, 2.05) is 0 Å². The zero-order chi connectivity index (χ0) is 13.7. The predicted molar refractivity (Wildman–Crippen MR) is 63.8 cm³/mol. The lowest BCUT2D eigenvalue weighted by molar-refractivity contribution is -0.279. The lowest BCUT2D eigenvalue weighted by Gasteiger charge is -2.41. The second-order valence-corrected chi connectivity index (χ2v) is 4.49. The molecule has 2 aliphatic rings. The molecular weight excluding hydrogens is 256 g/mol. The zero-order valence-corrected chi connectivity index (χ0v) is 11.6. The molecule has 2 saturated heterocycles. The van der Waals surface area contributed by atoms with Crippen LogP contribution in [0.3, 0.4) is 0 Å². The fraction of sp³-hybridized carbons (Fsp3) is 1.00. The summed E-state index contributed by atoms with van der Waals surface area (Å²) in [4.78, 5) is 0. The Morgan fingerprint density at radius 1 is 0.842 bits per heavy atom. The highest BCUT2D eigenvalue weighted by atomic mass is 16.7. The van der Waals surface area contributed by atoms with Crippen molar-refractivity contribution in [3.63, 3.8) is 0 Å². The number of hydrogen-bond acceptors (Lipinski definition) is 7. The van der Waals surface area contributed by atoms with Crippen LogP contribution in [0.2, 0.25) is 0 Å². The minimum absolute atomic E-state index is 0.192. The van der Waals surface area contributed by atoms with Crippen LogP contribution in [0.25, 0.3) is 0 Å². The molecule has 2 fully saturated rings. The summed E-state index contributed by atoms with van der Waals surface area (Å²) in [6.45, 7) is 1.40. The Balaban J connectivity index is 2.07. The van der Waals surface area contributed by atoms with E-state index in [1.54, 1.807) is 21.3 Å². The van der Waals surface area contributed by atoms with Crippen LogP contribution in [0.5, 0.6) is 0 Å². The van der Waals surface area contributed by atoms with Crippen LogP contribution in [-0.2, 0) is 33.2 Å². The fourth-order valence-corrected chi connectivity index (χ4v) is 2.46. The van der Waals surface area contributed by atoms with Crippen molar-refractivity contribution in [2.75, 3.05) is 48.1 Å². The molecule has 2 rings (SSSR count). The van der Waals surface area contributed by atoms with Gasteiger partial charge in [-0.3, -0.25) is 0 Å². The zero-order valence-electron chi connectivity index (χ0n) is 11.6. The molecule has 2 heterocycles. The molecule has 1 unspecified atom stereocenters. The smallest absolute Gasteiger partial charge is 0.147 e. The van der Waals surface area contributed by atoms with Gasteiger partial charge in [-0.25, -0.2) is 0 Å². The molecule has 2 aliphatic heterocycles. The summed E-state index contributed by atoms with van der Waals surface area (Å²) in [7, 11) is 4.88. The largest absolute Gasteiger partial charge is 0.376 e. The monoisotopic (exact) mass is 278 g/mol. The average molecular weight is 278 g/mol. The summed E-state index contributed by atoms with van der Waals surface area (Å²) < 4.78 is 38.1. The third-order valence-electron chi connectivity index (χ3n) is 3.51. The van der Waals surface area contributed by atoms with E-state index < -0.39 is 0 Å². The number of hydrogen-bond donors (Lipinski definition) is 0. The van der Waals surface area contributed by atoms with E-state index in [1.165, 1.54) is 0 Å². The van der Waals surface area contributed by atoms with Crippen LogP contribution in [0.1, 0.15) is 0 Å². The Morgan fingerprint density at radius 2 is 1.32 bits per heavy atom. The summed E-state index contributed by atoms with van der Waals surface area (Å²) in [5.41, 5.74) is 0. The van der Waals surface area contributed by atoms with Gasteiger partial charge in [0.2, 0.25) is 0 Å². The lowest BCUT2D eigenvalue weighted by Crippen LogP contribution is -2.58. The van der Waals surface area contributed by atoms with E-state index in [-0.39, 0.29) is 44.1 Å². The molecule has 0 saturated carbocycles. The molecule has 0 radical (unpaired) electrons. The van der Waals surface area contributed by atoms with Gasteiger partial charge in [0.25, 0.3) is 0 Å². The normalized spacial score (nSPS) is 38.1. The topological polar surface area (TPSA) is 64.6 Å². The van der Waals surface area contributed by atoms with Gasteiger partial charge in [0, 0.05) is 21.3 Å². The van der Waals surface area contributed by atoms with E-state index in [0.717, 1.165) is 0 Å². The van der Waals surface area contributed by atoms with Crippen molar-refractivity contribution in [2.45, 2.75) is 30.5 Å². The Hall–Kier alpha value is -0.280. The molecule has 5 atom stereocenters. The first-order chi connectivity index (χ1) is 9.31. The first-order valence-corrected chi connectivity index (χ1v) is 6.29. The van der Waals surface area contributed by atoms with Gasteiger partial charge in [-0.05, 0) is 0 Å². The van der Waals surface area contributed by atoms with Gasteiger partial charge in [0.15, 0.2) is 0 Å². The van der Waals surface area contributed by atoms with Crippen LogP contribution in [0, 0.1) is 0 Å². The molecule has 112 valence electrons. The minimum Gasteiger partial charge on any atom is -0.376 e. The number of rotatable bonds is 5. The second kappa shape index (κ2) is 7.49. The van der Waals surface area contributed by atoms with Gasteiger partial charge < -0.3 is 33.2 Å². The standard InChI is InChI=1S/C12H22O7/c1-13-8-4-16-6-18-10(8)12(15-3)11-9(14-2)5-17-7-19-11/h8-12H,4-7H2,1-3H3/t8-,9+,10-,11-,12?/m0/s1. The van der Waals surface area contributed by atoms with Crippen molar-refractivity contribution in [3.05, 3.63) is 0 Å². The molecule has 0 aromatic carbocycles. The van der Waals surface area contributed by atoms with Crippen LogP contribution >= 0.6 is 0 Å². The molecular formula is C12H22O7. The lowest BCUT2D eigenvalue weighted by atomic mass is 9.98. The van der Waals surface area contributed by atoms with Gasteiger partial charge >= 0.3 is 0 Å². The maximum atomic E-state index is 5.63. The van der Waals surface area contributed by atoms with Gasteiger partial charge in [0.05, 0.1) is 13.2 Å². The first-order valence-electron chi connectivity index (χ1n) is 6.29. The van der Waals surface area contributed by atoms with Crippen molar-refractivity contribution in [1.29, 1.82) is 0 Å². The average Bonchev–Trinajstić information content (AvgIpc) is 2.49. The summed E-state index contributed by atoms with van der Waals surface area (Å²) in [5.74, 6) is 0. The third kappa shape index (κ3) is 3.43. The van der Waals surface area contributed by atoms with Gasteiger partial charge in [0.1, 0.15) is 44.1 Å². The molecule has 7 nitrogen and oxygen atoms in total. The highest BCUT2D eigenvalue weighted by Gasteiger charge is 2.43. The molecule has 0 amide bonds. The maximum Gasteiger partial charge on any atom is 0.147 e. The first kappa shape index (κ1) is 15.1. The molecule has 0 bridgehead atoms. The third-order valence-corrected chi connectivity index (χ3v) is 3.51. The summed E-state index contributed by atoms with van der Waals surface area (Å²) in [5, 5.41) is 0. The van der Waals surface area contributed by atoms with Crippen molar-refractivity contribution in [3.8, 4) is 0 Å². The van der Waals surface area contributed by atoms with E-state index >= 15 is 0 Å². The van der Waals surface area contributed by atoms with Crippen LogP contribution in [0.4, 0.5) is 0 Å². The van der Waals surface area contributed by atoms with E-state index in [2.05, 4.69) is 0 Å². The van der Waals surface area contributed by atoms with Gasteiger partial charge in [-0.1, -0.05) is 0 Å². The summed E-state index contributed by atoms with van der Waals surface area (Å²) in [6.07, 6.45) is -1.21. The highest BCUT2D eigenvalue weighted by molar-refractivity contribution is 4.91. The van der Waals surface area contributed by atoms with E-state index in [0.29, 0.717) is 13.2 Å². The van der Waals surface area contributed by atoms with Crippen LogP contribution in [0.15, 0.2) is 0 Å². The number of ether oxygens (including phenoxy) is 7. The van der Waals surface area contributed by atoms with Crippen molar-refractivity contribution in [1.82, 2.24) is 0 Å². The number of methoxy groups -OCH3 is 3. The summed E-state index contributed by atoms with van der Waals surface area (Å²) >= 11 is 0. The van der Waals surface area contributed by atoms with E-state index in [4.69, 9.17) is 33.2 Å². The van der Waals surface area contributed by atoms with Crippen molar-refractivity contribution in [2.24, 2.45) is 0 Å².